The van der Waals surface area contributed by atoms with Gasteiger partial charge in [0.15, 0.2) is 0 Å². The van der Waals surface area contributed by atoms with Crippen molar-refractivity contribution in [1.82, 2.24) is 5.32 Å². The van der Waals surface area contributed by atoms with Gasteiger partial charge in [-0.05, 0) is 24.1 Å². The van der Waals surface area contributed by atoms with Crippen molar-refractivity contribution in [3.63, 3.8) is 0 Å². The fourth-order valence-corrected chi connectivity index (χ4v) is 1.76. The van der Waals surface area contributed by atoms with Crippen LogP contribution in [0.4, 0.5) is 0 Å². The Labute approximate surface area is 112 Å². The Morgan fingerprint density at radius 2 is 2.28 bits per heavy atom. The number of benzene rings is 1. The minimum Gasteiger partial charge on any atom is -0.497 e. The van der Waals surface area contributed by atoms with E-state index >= 15 is 0 Å². The van der Waals surface area contributed by atoms with E-state index < -0.39 is 0 Å². The summed E-state index contributed by atoms with van der Waals surface area (Å²) in [6.45, 7) is 1.85. The normalized spacial score (nSPS) is 12.0. The Balaban J connectivity index is 2.64. The molecule has 0 aliphatic carbocycles. The van der Waals surface area contributed by atoms with Gasteiger partial charge >= 0.3 is 0 Å². The Morgan fingerprint density at radius 3 is 2.78 bits per heavy atom. The van der Waals surface area contributed by atoms with Crippen molar-refractivity contribution < 1.29 is 14.6 Å². The molecule has 4 nitrogen and oxygen atoms in total. The summed E-state index contributed by atoms with van der Waals surface area (Å²) in [6.07, 6.45) is 0.887. The summed E-state index contributed by atoms with van der Waals surface area (Å²) in [5.74, 6) is 0.508. The first-order chi connectivity index (χ1) is 8.60. The molecule has 0 bridgehead atoms. The van der Waals surface area contributed by atoms with E-state index in [9.17, 15) is 4.79 Å². The van der Waals surface area contributed by atoms with Gasteiger partial charge in [0.1, 0.15) is 5.75 Å². The minimum absolute atomic E-state index is 0.0570. The molecular weight excluding hydrogens is 254 g/mol. The van der Waals surface area contributed by atoms with Gasteiger partial charge in [-0.15, -0.1) is 0 Å². The molecule has 18 heavy (non-hydrogen) atoms. The van der Waals surface area contributed by atoms with Crippen LogP contribution in [-0.2, 0) is 11.2 Å². The average molecular weight is 272 g/mol. The molecule has 1 amide bonds. The molecule has 1 rings (SSSR count). The standard InChI is InChI=1S/C13H18ClNO3/c1-3-10(8-16)15-13(17)6-9-4-5-11(18-2)7-12(9)14/h4-5,7,10,16H,3,6,8H2,1-2H3,(H,15,17). The van der Waals surface area contributed by atoms with Gasteiger partial charge in [-0.25, -0.2) is 0 Å². The number of rotatable bonds is 6. The molecule has 2 N–H and O–H groups in total. The predicted octanol–water partition coefficient (Wildman–Crippen LogP) is 1.78. The minimum atomic E-state index is -0.200. The molecule has 1 aromatic carbocycles. The van der Waals surface area contributed by atoms with Crippen molar-refractivity contribution >= 4 is 17.5 Å². The van der Waals surface area contributed by atoms with E-state index in [0.717, 1.165) is 5.56 Å². The molecule has 100 valence electrons. The molecule has 0 aromatic heterocycles. The summed E-state index contributed by atoms with van der Waals surface area (Å²) < 4.78 is 5.04. The maximum absolute atomic E-state index is 11.7. The Kier molecular flexibility index (Phi) is 5.95. The lowest BCUT2D eigenvalue weighted by atomic mass is 10.1. The van der Waals surface area contributed by atoms with Crippen molar-refractivity contribution in [3.05, 3.63) is 28.8 Å². The van der Waals surface area contributed by atoms with Crippen molar-refractivity contribution in [1.29, 1.82) is 0 Å². The van der Waals surface area contributed by atoms with Gasteiger partial charge in [0.05, 0.1) is 26.2 Å². The first-order valence-corrected chi connectivity index (χ1v) is 6.21. The quantitative estimate of drug-likeness (QED) is 0.829. The van der Waals surface area contributed by atoms with Gasteiger partial charge in [-0.2, -0.15) is 0 Å². The third-order valence-electron chi connectivity index (χ3n) is 2.69. The largest absolute Gasteiger partial charge is 0.497 e. The number of halogens is 1. The third-order valence-corrected chi connectivity index (χ3v) is 3.04. The van der Waals surface area contributed by atoms with E-state index in [0.29, 0.717) is 17.2 Å². The predicted molar refractivity (Wildman–Crippen MR) is 71.0 cm³/mol. The molecule has 1 unspecified atom stereocenters. The zero-order valence-corrected chi connectivity index (χ0v) is 11.3. The van der Waals surface area contributed by atoms with Gasteiger partial charge in [0.25, 0.3) is 0 Å². The molecule has 5 heteroatoms. The van der Waals surface area contributed by atoms with Crippen molar-refractivity contribution in [2.24, 2.45) is 0 Å². The fourth-order valence-electron chi connectivity index (χ4n) is 1.53. The van der Waals surface area contributed by atoms with Crippen LogP contribution in [0, 0.1) is 0 Å². The van der Waals surface area contributed by atoms with E-state index in [1.807, 2.05) is 6.92 Å². The Hall–Kier alpha value is -1.26. The van der Waals surface area contributed by atoms with Gasteiger partial charge in [0.2, 0.25) is 5.91 Å². The molecule has 0 spiro atoms. The zero-order valence-electron chi connectivity index (χ0n) is 10.6. The van der Waals surface area contributed by atoms with Crippen molar-refractivity contribution in [3.8, 4) is 5.75 Å². The van der Waals surface area contributed by atoms with Crippen LogP contribution in [0.2, 0.25) is 5.02 Å². The first kappa shape index (κ1) is 14.8. The number of nitrogens with one attached hydrogen (secondary N) is 1. The van der Waals surface area contributed by atoms with Crippen LogP contribution in [0.25, 0.3) is 0 Å². The number of carbonyl (C=O) groups is 1. The van der Waals surface area contributed by atoms with E-state index in [-0.39, 0.29) is 25.0 Å². The number of methoxy groups -OCH3 is 1. The molecule has 0 saturated heterocycles. The van der Waals surface area contributed by atoms with Crippen molar-refractivity contribution in [2.75, 3.05) is 13.7 Å². The maximum atomic E-state index is 11.7. The van der Waals surface area contributed by atoms with Crippen molar-refractivity contribution in [2.45, 2.75) is 25.8 Å². The summed E-state index contributed by atoms with van der Waals surface area (Å²) in [4.78, 5) is 11.7. The van der Waals surface area contributed by atoms with Crippen LogP contribution >= 0.6 is 11.6 Å². The number of amides is 1. The number of ether oxygens (including phenoxy) is 1. The average Bonchev–Trinajstić information content (AvgIpc) is 2.38. The van der Waals surface area contributed by atoms with Crippen LogP contribution in [0.5, 0.6) is 5.75 Å². The summed E-state index contributed by atoms with van der Waals surface area (Å²) in [6, 6.07) is 5.00. The monoisotopic (exact) mass is 271 g/mol. The molecule has 0 heterocycles. The molecular formula is C13H18ClNO3. The zero-order chi connectivity index (χ0) is 13.5. The summed E-state index contributed by atoms with van der Waals surface area (Å²) in [7, 11) is 1.56. The summed E-state index contributed by atoms with van der Waals surface area (Å²) in [5.41, 5.74) is 0.739. The second-order valence-electron chi connectivity index (χ2n) is 3.99. The van der Waals surface area contributed by atoms with E-state index in [1.54, 1.807) is 25.3 Å². The lowest BCUT2D eigenvalue weighted by molar-refractivity contribution is -0.121. The highest BCUT2D eigenvalue weighted by Crippen LogP contribution is 2.22. The molecule has 0 saturated carbocycles. The van der Waals surface area contributed by atoms with Gasteiger partial charge in [-0.3, -0.25) is 4.79 Å². The highest BCUT2D eigenvalue weighted by molar-refractivity contribution is 6.31. The van der Waals surface area contributed by atoms with E-state index in [1.165, 1.54) is 0 Å². The second kappa shape index (κ2) is 7.24. The van der Waals surface area contributed by atoms with Crippen LogP contribution in [-0.4, -0.2) is 30.8 Å². The fraction of sp³-hybridized carbons (Fsp3) is 0.462. The summed E-state index contributed by atoms with van der Waals surface area (Å²) >= 11 is 6.05. The van der Waals surface area contributed by atoms with Gasteiger partial charge < -0.3 is 15.2 Å². The smallest absolute Gasteiger partial charge is 0.224 e. The molecule has 0 fully saturated rings. The SMILES string of the molecule is CCC(CO)NC(=O)Cc1ccc(OC)cc1Cl. The van der Waals surface area contributed by atoms with Crippen LogP contribution in [0.3, 0.4) is 0 Å². The number of aliphatic hydroxyl groups excluding tert-OH is 1. The molecule has 1 aromatic rings. The highest BCUT2D eigenvalue weighted by Gasteiger charge is 2.11. The number of hydrogen-bond acceptors (Lipinski definition) is 3. The Bertz CT molecular complexity index is 405. The molecule has 0 aliphatic rings. The number of hydrogen-bond donors (Lipinski definition) is 2. The lowest BCUT2D eigenvalue weighted by Crippen LogP contribution is -2.37. The highest BCUT2D eigenvalue weighted by atomic mass is 35.5. The van der Waals surface area contributed by atoms with Crippen LogP contribution in [0.1, 0.15) is 18.9 Å². The Morgan fingerprint density at radius 1 is 1.56 bits per heavy atom. The second-order valence-corrected chi connectivity index (χ2v) is 4.40. The maximum Gasteiger partial charge on any atom is 0.224 e. The van der Waals surface area contributed by atoms with Crippen LogP contribution < -0.4 is 10.1 Å². The van der Waals surface area contributed by atoms with E-state index in [4.69, 9.17) is 21.4 Å². The molecule has 0 radical (unpaired) electrons. The first-order valence-electron chi connectivity index (χ1n) is 5.83. The van der Waals surface area contributed by atoms with E-state index in [2.05, 4.69) is 5.32 Å². The topological polar surface area (TPSA) is 58.6 Å². The molecule has 0 aliphatic heterocycles. The van der Waals surface area contributed by atoms with Gasteiger partial charge in [-0.1, -0.05) is 24.6 Å². The van der Waals surface area contributed by atoms with Crippen LogP contribution in [0.15, 0.2) is 18.2 Å². The van der Waals surface area contributed by atoms with Gasteiger partial charge in [0, 0.05) is 5.02 Å². The molecule has 1 atom stereocenters. The summed E-state index contributed by atoms with van der Waals surface area (Å²) in [5, 5.41) is 12.2. The lowest BCUT2D eigenvalue weighted by Gasteiger charge is -2.14. The number of carbonyl (C=O) groups excluding carboxylic acids is 1. The number of aliphatic hydroxyl groups is 1. The third kappa shape index (κ3) is 4.20.